The van der Waals surface area contributed by atoms with Gasteiger partial charge in [0, 0.05) is 12.6 Å². The molecule has 1 saturated carbocycles. The predicted molar refractivity (Wildman–Crippen MR) is 71.6 cm³/mol. The number of hydrogen-bond acceptors (Lipinski definition) is 3. The Morgan fingerprint density at radius 3 is 2.26 bits per heavy atom. The molecule has 0 radical (unpaired) electrons. The van der Waals surface area contributed by atoms with Gasteiger partial charge in [0.05, 0.1) is 11.8 Å². The van der Waals surface area contributed by atoms with Crippen molar-refractivity contribution in [3.63, 3.8) is 0 Å². The highest BCUT2D eigenvalue weighted by Gasteiger charge is 2.36. The summed E-state index contributed by atoms with van der Waals surface area (Å²) in [7, 11) is 0. The molecule has 5 heteroatoms. The zero-order valence-corrected chi connectivity index (χ0v) is 11.8. The van der Waals surface area contributed by atoms with Crippen LogP contribution in [0, 0.1) is 17.8 Å². The van der Waals surface area contributed by atoms with Crippen molar-refractivity contribution >= 4 is 11.9 Å². The van der Waals surface area contributed by atoms with Crippen molar-refractivity contribution in [1.29, 1.82) is 0 Å². The Balaban J connectivity index is 2.66. The van der Waals surface area contributed by atoms with E-state index in [1.54, 1.807) is 0 Å². The van der Waals surface area contributed by atoms with E-state index in [0.717, 1.165) is 12.8 Å². The summed E-state index contributed by atoms with van der Waals surface area (Å²) in [5, 5.41) is 21.1. The quantitative estimate of drug-likeness (QED) is 0.681. The van der Waals surface area contributed by atoms with Crippen LogP contribution in [0.2, 0.25) is 0 Å². The molecule has 1 rings (SSSR count). The van der Waals surface area contributed by atoms with Crippen LogP contribution in [-0.2, 0) is 9.59 Å². The average Bonchev–Trinajstić information content (AvgIpc) is 2.37. The molecular formula is C14H25NO4. The van der Waals surface area contributed by atoms with Crippen molar-refractivity contribution in [2.45, 2.75) is 52.0 Å². The van der Waals surface area contributed by atoms with E-state index < -0.39 is 17.8 Å². The van der Waals surface area contributed by atoms with Crippen LogP contribution in [0.25, 0.3) is 0 Å². The van der Waals surface area contributed by atoms with Gasteiger partial charge in [-0.15, -0.1) is 0 Å². The second kappa shape index (κ2) is 7.48. The fourth-order valence-electron chi connectivity index (χ4n) is 2.74. The minimum Gasteiger partial charge on any atom is -0.481 e. The van der Waals surface area contributed by atoms with Gasteiger partial charge in [0.15, 0.2) is 0 Å². The van der Waals surface area contributed by atoms with Crippen LogP contribution in [0.15, 0.2) is 0 Å². The molecule has 1 aliphatic carbocycles. The highest BCUT2D eigenvalue weighted by Crippen LogP contribution is 2.30. The molecule has 5 nitrogen and oxygen atoms in total. The van der Waals surface area contributed by atoms with Crippen LogP contribution >= 0.6 is 0 Å². The first-order valence-electron chi connectivity index (χ1n) is 7.11. The molecule has 19 heavy (non-hydrogen) atoms. The number of carbonyl (C=O) groups is 2. The van der Waals surface area contributed by atoms with E-state index >= 15 is 0 Å². The first-order chi connectivity index (χ1) is 8.97. The second-order valence-electron chi connectivity index (χ2n) is 5.71. The molecule has 0 bridgehead atoms. The lowest BCUT2D eigenvalue weighted by atomic mass is 9.78. The number of aliphatic hydroxyl groups excluding tert-OH is 1. The number of aliphatic carboxylic acids is 1. The third kappa shape index (κ3) is 4.49. The van der Waals surface area contributed by atoms with Crippen LogP contribution < -0.4 is 5.32 Å². The highest BCUT2D eigenvalue weighted by atomic mass is 16.4. The molecule has 1 fully saturated rings. The Bertz CT molecular complexity index is 317. The average molecular weight is 271 g/mol. The molecular weight excluding hydrogens is 246 g/mol. The van der Waals surface area contributed by atoms with Gasteiger partial charge in [-0.1, -0.05) is 26.7 Å². The smallest absolute Gasteiger partial charge is 0.307 e. The summed E-state index contributed by atoms with van der Waals surface area (Å²) in [6, 6.07) is -0.0890. The summed E-state index contributed by atoms with van der Waals surface area (Å²) in [5.74, 6) is -1.80. The lowest BCUT2D eigenvalue weighted by Gasteiger charge is -2.30. The fraction of sp³-hybridized carbons (Fsp3) is 0.857. The van der Waals surface area contributed by atoms with E-state index in [1.807, 2.05) is 13.8 Å². The second-order valence-corrected chi connectivity index (χ2v) is 5.71. The summed E-state index contributed by atoms with van der Waals surface area (Å²) in [6.45, 7) is 3.99. The first-order valence-corrected chi connectivity index (χ1v) is 7.11. The Morgan fingerprint density at radius 1 is 1.21 bits per heavy atom. The van der Waals surface area contributed by atoms with Gasteiger partial charge in [0.2, 0.25) is 5.91 Å². The molecule has 0 aromatic rings. The Kier molecular flexibility index (Phi) is 6.28. The maximum absolute atomic E-state index is 12.2. The van der Waals surface area contributed by atoms with Gasteiger partial charge in [-0.05, 0) is 25.2 Å². The van der Waals surface area contributed by atoms with Crippen LogP contribution in [0.1, 0.15) is 46.0 Å². The summed E-state index contributed by atoms with van der Waals surface area (Å²) in [4.78, 5) is 23.4. The largest absolute Gasteiger partial charge is 0.481 e. The molecule has 3 unspecified atom stereocenters. The third-order valence-corrected chi connectivity index (χ3v) is 3.99. The van der Waals surface area contributed by atoms with Crippen molar-refractivity contribution in [2.24, 2.45) is 17.8 Å². The highest BCUT2D eigenvalue weighted by molar-refractivity contribution is 5.85. The molecule has 1 amide bonds. The molecule has 0 spiro atoms. The van der Waals surface area contributed by atoms with Crippen LogP contribution in [0.3, 0.4) is 0 Å². The van der Waals surface area contributed by atoms with Crippen LogP contribution in [0.4, 0.5) is 0 Å². The van der Waals surface area contributed by atoms with Gasteiger partial charge >= 0.3 is 5.97 Å². The van der Waals surface area contributed by atoms with E-state index in [1.165, 1.54) is 0 Å². The summed E-state index contributed by atoms with van der Waals surface area (Å²) in [5.41, 5.74) is 0. The van der Waals surface area contributed by atoms with Gasteiger partial charge in [-0.2, -0.15) is 0 Å². The monoisotopic (exact) mass is 271 g/mol. The van der Waals surface area contributed by atoms with Crippen molar-refractivity contribution < 1.29 is 19.8 Å². The number of carboxylic acid groups (broad SMARTS) is 1. The Labute approximate surface area is 114 Å². The van der Waals surface area contributed by atoms with Gasteiger partial charge in [-0.3, -0.25) is 9.59 Å². The molecule has 3 atom stereocenters. The minimum atomic E-state index is -0.872. The number of carbonyl (C=O) groups excluding carboxylic acids is 1. The topological polar surface area (TPSA) is 86.6 Å². The van der Waals surface area contributed by atoms with Crippen LogP contribution in [-0.4, -0.2) is 34.7 Å². The normalized spacial score (nSPS) is 25.1. The predicted octanol–water partition coefficient (Wildman–Crippen LogP) is 1.40. The first kappa shape index (κ1) is 16.0. The number of hydrogen-bond donors (Lipinski definition) is 3. The third-order valence-electron chi connectivity index (χ3n) is 3.99. The molecule has 0 saturated heterocycles. The van der Waals surface area contributed by atoms with E-state index in [0.29, 0.717) is 19.3 Å². The van der Waals surface area contributed by atoms with E-state index in [-0.39, 0.29) is 24.5 Å². The number of rotatable bonds is 6. The standard InChI is InChI=1S/C14H25NO4/c1-9(2)12(7-8-16)15-13(17)10-5-3-4-6-11(10)14(18)19/h9-12,16H,3-8H2,1-2H3,(H,15,17)(H,18,19). The summed E-state index contributed by atoms with van der Waals surface area (Å²) >= 11 is 0. The zero-order valence-electron chi connectivity index (χ0n) is 11.8. The van der Waals surface area contributed by atoms with Crippen molar-refractivity contribution in [3.05, 3.63) is 0 Å². The minimum absolute atomic E-state index is 0.0240. The molecule has 110 valence electrons. The summed E-state index contributed by atoms with van der Waals surface area (Å²) in [6.07, 6.45) is 3.53. The van der Waals surface area contributed by atoms with Gasteiger partial charge in [0.25, 0.3) is 0 Å². The zero-order chi connectivity index (χ0) is 14.4. The molecule has 0 aliphatic heterocycles. The lowest BCUT2D eigenvalue weighted by molar-refractivity contribution is -0.149. The molecule has 0 heterocycles. The number of aliphatic hydroxyl groups is 1. The molecule has 0 aromatic heterocycles. The fourth-order valence-corrected chi connectivity index (χ4v) is 2.74. The van der Waals surface area contributed by atoms with E-state index in [4.69, 9.17) is 5.11 Å². The van der Waals surface area contributed by atoms with Crippen molar-refractivity contribution in [3.8, 4) is 0 Å². The maximum Gasteiger partial charge on any atom is 0.307 e. The lowest BCUT2D eigenvalue weighted by Crippen LogP contribution is -2.46. The SMILES string of the molecule is CC(C)C(CCO)NC(=O)C1CCCCC1C(=O)O. The molecule has 0 aromatic carbocycles. The number of carboxylic acids is 1. The number of amides is 1. The van der Waals surface area contributed by atoms with Crippen LogP contribution in [0.5, 0.6) is 0 Å². The Morgan fingerprint density at radius 2 is 1.79 bits per heavy atom. The molecule has 3 N–H and O–H groups in total. The van der Waals surface area contributed by atoms with Gasteiger partial charge in [0.1, 0.15) is 0 Å². The van der Waals surface area contributed by atoms with Crippen molar-refractivity contribution in [1.82, 2.24) is 5.32 Å². The van der Waals surface area contributed by atoms with Gasteiger partial charge < -0.3 is 15.5 Å². The number of nitrogens with one attached hydrogen (secondary N) is 1. The Hall–Kier alpha value is -1.10. The van der Waals surface area contributed by atoms with Gasteiger partial charge in [-0.25, -0.2) is 0 Å². The summed E-state index contributed by atoms with van der Waals surface area (Å²) < 4.78 is 0. The maximum atomic E-state index is 12.2. The van der Waals surface area contributed by atoms with Crippen molar-refractivity contribution in [2.75, 3.05) is 6.61 Å². The molecule has 1 aliphatic rings. The van der Waals surface area contributed by atoms with E-state index in [9.17, 15) is 14.7 Å². The van der Waals surface area contributed by atoms with E-state index in [2.05, 4.69) is 5.32 Å².